The lowest BCUT2D eigenvalue weighted by Gasteiger charge is -2.40. The van der Waals surface area contributed by atoms with Crippen LogP contribution in [0.4, 0.5) is 0 Å². The molecule has 3 fully saturated rings. The third kappa shape index (κ3) is 0.522. The van der Waals surface area contributed by atoms with Crippen molar-refractivity contribution < 1.29 is 0 Å². The maximum Gasteiger partial charge on any atom is -0.0266 e. The molecule has 0 aromatic rings. The van der Waals surface area contributed by atoms with Crippen molar-refractivity contribution in [2.75, 3.05) is 0 Å². The molecular weight excluding hydrogens is 132 g/mol. The van der Waals surface area contributed by atoms with E-state index >= 15 is 0 Å². The van der Waals surface area contributed by atoms with E-state index in [0.29, 0.717) is 0 Å². The Bertz CT molecular complexity index is 194. The molecule has 3 bridgehead atoms. The summed E-state index contributed by atoms with van der Waals surface area (Å²) >= 11 is 0. The first kappa shape index (κ1) is 6.51. The number of hydrogen-bond acceptors (Lipinski definition) is 0. The van der Waals surface area contributed by atoms with Gasteiger partial charge in [-0.1, -0.05) is 13.8 Å². The van der Waals surface area contributed by atoms with Crippen LogP contribution in [0.1, 0.15) is 52.4 Å². The molecule has 0 amide bonds. The predicted octanol–water partition coefficient (Wildman–Crippen LogP) is 3.37. The topological polar surface area (TPSA) is 0 Å². The normalized spacial score (nSPS) is 66.0. The average molecular weight is 150 g/mol. The molecule has 0 nitrogen and oxygen atoms in total. The summed E-state index contributed by atoms with van der Waals surface area (Å²) in [5.74, 6) is 0. The lowest BCUT2D eigenvalue weighted by molar-refractivity contribution is 0.0998. The minimum atomic E-state index is 0.755. The van der Waals surface area contributed by atoms with Gasteiger partial charge in [-0.05, 0) is 54.8 Å². The first-order chi connectivity index (χ1) is 5.08. The van der Waals surface area contributed by atoms with Crippen LogP contribution in [-0.2, 0) is 0 Å². The molecule has 0 saturated heterocycles. The molecule has 1 spiro atoms. The standard InChI is InChI=1S/C11H18/c1-9-3-5-11(7-9)6-4-10(9,2)8-11/h3-8H2,1-2H3/t9-,10+,11?. The SMILES string of the molecule is C[C@@]12CCC3(CC[C@]1(C)C3)C2. The minimum Gasteiger partial charge on any atom is -0.0591 e. The van der Waals surface area contributed by atoms with Gasteiger partial charge in [0.15, 0.2) is 0 Å². The largest absolute Gasteiger partial charge is 0.0591 e. The molecule has 1 unspecified atom stereocenters. The van der Waals surface area contributed by atoms with E-state index in [1.807, 2.05) is 0 Å². The summed E-state index contributed by atoms with van der Waals surface area (Å²) in [5, 5.41) is 0. The molecule has 3 aliphatic rings. The summed E-state index contributed by atoms with van der Waals surface area (Å²) in [6.07, 6.45) is 9.30. The summed E-state index contributed by atoms with van der Waals surface area (Å²) in [4.78, 5) is 0. The lowest BCUT2D eigenvalue weighted by Crippen LogP contribution is -2.30. The molecule has 0 aliphatic heterocycles. The molecule has 0 heteroatoms. The molecule has 0 heterocycles. The Morgan fingerprint density at radius 3 is 1.45 bits per heavy atom. The fourth-order valence-corrected chi connectivity index (χ4v) is 4.49. The predicted molar refractivity (Wildman–Crippen MR) is 46.3 cm³/mol. The van der Waals surface area contributed by atoms with Gasteiger partial charge in [0.2, 0.25) is 0 Å². The molecule has 62 valence electrons. The maximum absolute atomic E-state index is 2.54. The van der Waals surface area contributed by atoms with E-state index in [1.165, 1.54) is 12.8 Å². The quantitative estimate of drug-likeness (QED) is 0.496. The highest BCUT2D eigenvalue weighted by atomic mass is 14.7. The zero-order valence-electron chi connectivity index (χ0n) is 7.74. The van der Waals surface area contributed by atoms with Crippen molar-refractivity contribution in [3.63, 3.8) is 0 Å². The zero-order chi connectivity index (χ0) is 7.74. The second-order valence-electron chi connectivity index (χ2n) is 5.97. The third-order valence-corrected chi connectivity index (χ3v) is 5.40. The Kier molecular flexibility index (Phi) is 0.832. The first-order valence-corrected chi connectivity index (χ1v) is 5.08. The van der Waals surface area contributed by atoms with Crippen LogP contribution in [0.5, 0.6) is 0 Å². The summed E-state index contributed by atoms with van der Waals surface area (Å²) in [5.41, 5.74) is 2.36. The van der Waals surface area contributed by atoms with Crippen LogP contribution >= 0.6 is 0 Å². The van der Waals surface area contributed by atoms with Crippen LogP contribution < -0.4 is 0 Å². The fraction of sp³-hybridized carbons (Fsp3) is 1.00. The van der Waals surface area contributed by atoms with Gasteiger partial charge in [0.05, 0.1) is 0 Å². The van der Waals surface area contributed by atoms with Crippen LogP contribution in [0.15, 0.2) is 0 Å². The number of rotatable bonds is 0. The van der Waals surface area contributed by atoms with Crippen LogP contribution in [0.2, 0.25) is 0 Å². The summed E-state index contributed by atoms with van der Waals surface area (Å²) in [7, 11) is 0. The monoisotopic (exact) mass is 150 g/mol. The molecule has 3 atom stereocenters. The van der Waals surface area contributed by atoms with Crippen LogP contribution in [-0.4, -0.2) is 0 Å². The van der Waals surface area contributed by atoms with E-state index < -0.39 is 0 Å². The highest BCUT2D eigenvalue weighted by Crippen LogP contribution is 2.77. The van der Waals surface area contributed by atoms with E-state index in [-0.39, 0.29) is 0 Å². The molecule has 0 N–H and O–H groups in total. The van der Waals surface area contributed by atoms with Gasteiger partial charge in [-0.3, -0.25) is 0 Å². The van der Waals surface area contributed by atoms with Gasteiger partial charge >= 0.3 is 0 Å². The van der Waals surface area contributed by atoms with E-state index in [0.717, 1.165) is 16.2 Å². The molecule has 0 radical (unpaired) electrons. The lowest BCUT2D eigenvalue weighted by atomic mass is 9.65. The van der Waals surface area contributed by atoms with Gasteiger partial charge in [0.25, 0.3) is 0 Å². The van der Waals surface area contributed by atoms with Gasteiger partial charge < -0.3 is 0 Å². The fourth-order valence-electron chi connectivity index (χ4n) is 4.49. The molecule has 3 rings (SSSR count). The second-order valence-corrected chi connectivity index (χ2v) is 5.97. The van der Waals surface area contributed by atoms with Gasteiger partial charge in [-0.15, -0.1) is 0 Å². The van der Waals surface area contributed by atoms with Crippen molar-refractivity contribution >= 4 is 0 Å². The van der Waals surface area contributed by atoms with E-state index in [9.17, 15) is 0 Å². The Morgan fingerprint density at radius 2 is 1.18 bits per heavy atom. The summed E-state index contributed by atoms with van der Waals surface area (Å²) in [6, 6.07) is 0. The van der Waals surface area contributed by atoms with Crippen molar-refractivity contribution in [1.29, 1.82) is 0 Å². The van der Waals surface area contributed by atoms with Crippen molar-refractivity contribution in [3.8, 4) is 0 Å². The minimum absolute atomic E-state index is 0.755. The second kappa shape index (κ2) is 1.41. The van der Waals surface area contributed by atoms with Gasteiger partial charge in [0.1, 0.15) is 0 Å². The number of hydrogen-bond donors (Lipinski definition) is 0. The van der Waals surface area contributed by atoms with Crippen LogP contribution in [0, 0.1) is 16.2 Å². The average Bonchev–Trinajstić information content (AvgIpc) is 2.45. The van der Waals surface area contributed by atoms with E-state index in [1.54, 1.807) is 25.7 Å². The van der Waals surface area contributed by atoms with Crippen molar-refractivity contribution in [2.24, 2.45) is 16.2 Å². The van der Waals surface area contributed by atoms with Gasteiger partial charge in [-0.25, -0.2) is 0 Å². The van der Waals surface area contributed by atoms with Crippen molar-refractivity contribution in [3.05, 3.63) is 0 Å². The van der Waals surface area contributed by atoms with Crippen LogP contribution in [0.3, 0.4) is 0 Å². The highest BCUT2D eigenvalue weighted by molar-refractivity contribution is 5.17. The maximum atomic E-state index is 2.54. The summed E-state index contributed by atoms with van der Waals surface area (Å²) < 4.78 is 0. The van der Waals surface area contributed by atoms with Crippen LogP contribution in [0.25, 0.3) is 0 Å². The van der Waals surface area contributed by atoms with E-state index in [2.05, 4.69) is 13.8 Å². The first-order valence-electron chi connectivity index (χ1n) is 5.08. The molecular formula is C11H18. The Labute approximate surface area is 69.4 Å². The zero-order valence-corrected chi connectivity index (χ0v) is 7.74. The number of fused-ring (bicyclic) bond motifs is 3. The Hall–Kier alpha value is 0. The molecule has 3 aliphatic carbocycles. The molecule has 3 saturated carbocycles. The van der Waals surface area contributed by atoms with Crippen molar-refractivity contribution in [2.45, 2.75) is 52.4 Å². The Morgan fingerprint density at radius 1 is 0.727 bits per heavy atom. The molecule has 11 heavy (non-hydrogen) atoms. The van der Waals surface area contributed by atoms with Gasteiger partial charge in [-0.2, -0.15) is 0 Å². The molecule has 0 aromatic carbocycles. The smallest absolute Gasteiger partial charge is 0.0266 e. The molecule has 0 aromatic heterocycles. The van der Waals surface area contributed by atoms with Gasteiger partial charge in [0, 0.05) is 0 Å². The third-order valence-electron chi connectivity index (χ3n) is 5.40. The van der Waals surface area contributed by atoms with Crippen molar-refractivity contribution in [1.82, 2.24) is 0 Å². The van der Waals surface area contributed by atoms with E-state index in [4.69, 9.17) is 0 Å². The Balaban J connectivity index is 2.14. The highest BCUT2D eigenvalue weighted by Gasteiger charge is 2.66. The summed E-state index contributed by atoms with van der Waals surface area (Å²) in [6.45, 7) is 5.09.